The second-order valence-electron chi connectivity index (χ2n) is 10.5. The molecular formula is C35H38BrN3O5S. The molecule has 0 spiro atoms. The van der Waals surface area contributed by atoms with Gasteiger partial charge in [0.2, 0.25) is 11.8 Å². The molecule has 0 aliphatic rings. The van der Waals surface area contributed by atoms with Crippen molar-refractivity contribution >= 4 is 43.5 Å². The Morgan fingerprint density at radius 1 is 0.867 bits per heavy atom. The predicted octanol–water partition coefficient (Wildman–Crippen LogP) is 6.21. The molecule has 4 aromatic rings. The van der Waals surface area contributed by atoms with E-state index in [2.05, 4.69) is 21.2 Å². The molecule has 1 unspecified atom stereocenters. The number of halogens is 1. The maximum atomic E-state index is 14.5. The SMILES string of the molecule is CCCCNC(=O)C(Cc1ccccc1)N(Cc1cccc(OC)c1)C(=O)CN(c1ccc(Br)cc1)S(=O)(=O)c1ccccc1. The Labute approximate surface area is 274 Å². The largest absolute Gasteiger partial charge is 0.497 e. The molecule has 0 saturated carbocycles. The van der Waals surface area contributed by atoms with Crippen molar-refractivity contribution in [3.63, 3.8) is 0 Å². The van der Waals surface area contributed by atoms with E-state index in [0.717, 1.165) is 32.7 Å². The summed E-state index contributed by atoms with van der Waals surface area (Å²) in [6, 6.07) is 30.6. The van der Waals surface area contributed by atoms with Gasteiger partial charge in [0, 0.05) is 24.0 Å². The van der Waals surface area contributed by atoms with Gasteiger partial charge in [0.05, 0.1) is 17.7 Å². The predicted molar refractivity (Wildman–Crippen MR) is 181 cm³/mol. The first-order valence-electron chi connectivity index (χ1n) is 14.8. The number of ether oxygens (including phenoxy) is 1. The van der Waals surface area contributed by atoms with Crippen molar-refractivity contribution in [1.82, 2.24) is 10.2 Å². The molecule has 10 heteroatoms. The average Bonchev–Trinajstić information content (AvgIpc) is 3.06. The van der Waals surface area contributed by atoms with E-state index in [1.165, 1.54) is 17.0 Å². The Balaban J connectivity index is 1.79. The number of nitrogens with zero attached hydrogens (tertiary/aromatic N) is 2. The molecule has 236 valence electrons. The first kappa shape index (κ1) is 33.7. The number of benzene rings is 4. The van der Waals surface area contributed by atoms with E-state index in [1.54, 1.807) is 55.6 Å². The quantitative estimate of drug-likeness (QED) is 0.150. The summed E-state index contributed by atoms with van der Waals surface area (Å²) in [7, 11) is -2.59. The minimum absolute atomic E-state index is 0.0539. The number of hydrogen-bond acceptors (Lipinski definition) is 5. The van der Waals surface area contributed by atoms with Crippen molar-refractivity contribution in [3.8, 4) is 5.75 Å². The molecule has 0 saturated heterocycles. The van der Waals surface area contributed by atoms with Gasteiger partial charge in [-0.3, -0.25) is 13.9 Å². The summed E-state index contributed by atoms with van der Waals surface area (Å²) in [5.74, 6) is -0.216. The van der Waals surface area contributed by atoms with Gasteiger partial charge in [0.25, 0.3) is 10.0 Å². The lowest BCUT2D eigenvalue weighted by Gasteiger charge is -2.34. The van der Waals surface area contributed by atoms with Crippen LogP contribution in [0.1, 0.15) is 30.9 Å². The Morgan fingerprint density at radius 3 is 2.16 bits per heavy atom. The number of rotatable bonds is 15. The number of amides is 2. The van der Waals surface area contributed by atoms with Crippen molar-refractivity contribution in [1.29, 1.82) is 0 Å². The molecule has 4 rings (SSSR count). The van der Waals surface area contributed by atoms with E-state index < -0.39 is 28.5 Å². The first-order valence-corrected chi connectivity index (χ1v) is 17.0. The standard InChI is InChI=1S/C35H38BrN3O5S/c1-3-4-22-37-35(41)33(24-27-12-7-5-8-13-27)38(25-28-14-11-15-31(23-28)44-2)34(40)26-39(30-20-18-29(36)19-21-30)45(42,43)32-16-9-6-10-17-32/h5-21,23,33H,3-4,22,24-26H2,1-2H3,(H,37,41). The highest BCUT2D eigenvalue weighted by atomic mass is 79.9. The summed E-state index contributed by atoms with van der Waals surface area (Å²) >= 11 is 3.41. The molecule has 0 aliphatic heterocycles. The maximum Gasteiger partial charge on any atom is 0.264 e. The monoisotopic (exact) mass is 691 g/mol. The molecule has 45 heavy (non-hydrogen) atoms. The van der Waals surface area contributed by atoms with Crippen LogP contribution in [0.5, 0.6) is 5.75 Å². The molecule has 0 fully saturated rings. The van der Waals surface area contributed by atoms with Gasteiger partial charge in [-0.2, -0.15) is 0 Å². The van der Waals surface area contributed by atoms with E-state index in [4.69, 9.17) is 4.74 Å². The molecule has 8 nitrogen and oxygen atoms in total. The van der Waals surface area contributed by atoms with Crippen LogP contribution in [0, 0.1) is 0 Å². The molecule has 0 radical (unpaired) electrons. The summed E-state index contributed by atoms with van der Waals surface area (Å²) in [6.07, 6.45) is 1.94. The molecule has 1 N–H and O–H groups in total. The smallest absolute Gasteiger partial charge is 0.264 e. The Morgan fingerprint density at radius 2 is 1.51 bits per heavy atom. The highest BCUT2D eigenvalue weighted by molar-refractivity contribution is 9.10. The average molecular weight is 693 g/mol. The van der Waals surface area contributed by atoms with Crippen molar-refractivity contribution in [2.75, 3.05) is 24.5 Å². The van der Waals surface area contributed by atoms with Gasteiger partial charge >= 0.3 is 0 Å². The van der Waals surface area contributed by atoms with Gasteiger partial charge in [0.1, 0.15) is 18.3 Å². The second-order valence-corrected chi connectivity index (χ2v) is 13.3. The Kier molecular flexibility index (Phi) is 12.2. The fraction of sp³-hybridized carbons (Fsp3) is 0.257. The molecule has 4 aromatic carbocycles. The number of nitrogens with one attached hydrogen (secondary N) is 1. The van der Waals surface area contributed by atoms with Gasteiger partial charge in [-0.25, -0.2) is 8.42 Å². The zero-order chi connectivity index (χ0) is 32.2. The minimum atomic E-state index is -4.15. The van der Waals surface area contributed by atoms with Crippen LogP contribution in [-0.2, 0) is 32.6 Å². The lowest BCUT2D eigenvalue weighted by Crippen LogP contribution is -2.53. The van der Waals surface area contributed by atoms with Crippen LogP contribution in [-0.4, -0.2) is 51.4 Å². The third-order valence-corrected chi connectivity index (χ3v) is 9.63. The number of methoxy groups -OCH3 is 1. The zero-order valence-electron chi connectivity index (χ0n) is 25.4. The molecule has 0 aliphatic carbocycles. The van der Waals surface area contributed by atoms with Crippen molar-refractivity contribution in [2.45, 2.75) is 43.7 Å². The topological polar surface area (TPSA) is 96.0 Å². The van der Waals surface area contributed by atoms with Gasteiger partial charge in [-0.05, 0) is 66.1 Å². The van der Waals surface area contributed by atoms with E-state index in [9.17, 15) is 18.0 Å². The van der Waals surface area contributed by atoms with Gasteiger partial charge in [0.15, 0.2) is 0 Å². The van der Waals surface area contributed by atoms with Crippen molar-refractivity contribution < 1.29 is 22.7 Å². The van der Waals surface area contributed by atoms with Crippen molar-refractivity contribution in [2.24, 2.45) is 0 Å². The molecule has 1 atom stereocenters. The molecule has 0 aromatic heterocycles. The fourth-order valence-corrected chi connectivity index (χ4v) is 6.58. The van der Waals surface area contributed by atoms with E-state index in [-0.39, 0.29) is 23.8 Å². The fourth-order valence-electron chi connectivity index (χ4n) is 4.88. The van der Waals surface area contributed by atoms with E-state index >= 15 is 0 Å². The Hall–Kier alpha value is -4.15. The Bertz CT molecular complexity index is 1650. The highest BCUT2D eigenvalue weighted by Gasteiger charge is 2.34. The third-order valence-electron chi connectivity index (χ3n) is 7.31. The number of carbonyl (C=O) groups is 2. The zero-order valence-corrected chi connectivity index (χ0v) is 27.8. The number of anilines is 1. The lowest BCUT2D eigenvalue weighted by atomic mass is 10.0. The van der Waals surface area contributed by atoms with E-state index in [0.29, 0.717) is 18.0 Å². The summed E-state index contributed by atoms with van der Waals surface area (Å²) < 4.78 is 35.4. The van der Waals surface area contributed by atoms with Crippen molar-refractivity contribution in [3.05, 3.63) is 125 Å². The molecule has 0 heterocycles. The highest BCUT2D eigenvalue weighted by Crippen LogP contribution is 2.27. The van der Waals surface area contributed by atoms with Gasteiger partial charge < -0.3 is 15.0 Å². The van der Waals surface area contributed by atoms with Crippen LogP contribution < -0.4 is 14.4 Å². The third kappa shape index (κ3) is 9.18. The number of sulfonamides is 1. The molecular weight excluding hydrogens is 654 g/mol. The summed E-state index contributed by atoms with van der Waals surface area (Å²) in [4.78, 5) is 29.9. The first-order chi connectivity index (χ1) is 21.7. The maximum absolute atomic E-state index is 14.5. The second kappa shape index (κ2) is 16.2. The number of hydrogen-bond donors (Lipinski definition) is 1. The van der Waals surface area contributed by atoms with Gasteiger partial charge in [-0.15, -0.1) is 0 Å². The van der Waals surface area contributed by atoms with Crippen LogP contribution >= 0.6 is 15.9 Å². The normalized spacial score (nSPS) is 11.8. The minimum Gasteiger partial charge on any atom is -0.497 e. The van der Waals surface area contributed by atoms with Crippen LogP contribution in [0.4, 0.5) is 5.69 Å². The number of unbranched alkanes of at least 4 members (excludes halogenated alkanes) is 1. The molecule has 0 bridgehead atoms. The summed E-state index contributed by atoms with van der Waals surface area (Å²) in [6.45, 7) is 2.05. The van der Waals surface area contributed by atoms with Crippen LogP contribution in [0.25, 0.3) is 0 Å². The van der Waals surface area contributed by atoms with Crippen LogP contribution in [0.15, 0.2) is 119 Å². The molecule has 2 amide bonds. The lowest BCUT2D eigenvalue weighted by molar-refractivity contribution is -0.140. The van der Waals surface area contributed by atoms with Gasteiger partial charge in [-0.1, -0.05) is 89.9 Å². The van der Waals surface area contributed by atoms with E-state index in [1.807, 2.05) is 55.5 Å². The van der Waals surface area contributed by atoms with Crippen LogP contribution in [0.2, 0.25) is 0 Å². The summed E-state index contributed by atoms with van der Waals surface area (Å²) in [5, 5.41) is 3.00. The summed E-state index contributed by atoms with van der Waals surface area (Å²) in [5.41, 5.74) is 1.94. The number of carbonyl (C=O) groups excluding carboxylic acids is 2. The van der Waals surface area contributed by atoms with Crippen LogP contribution in [0.3, 0.4) is 0 Å².